The molecular weight excluding hydrogens is 548 g/mol. The Hall–Kier alpha value is -3.92. The highest BCUT2D eigenvalue weighted by Crippen LogP contribution is 2.30. The number of hydrogen-bond acceptors (Lipinski definition) is 5. The molecule has 3 aromatic carbocycles. The molecule has 1 aliphatic rings. The molecule has 37 heavy (non-hydrogen) atoms. The van der Waals surface area contributed by atoms with E-state index in [2.05, 4.69) is 10.6 Å². The molecule has 0 aromatic heterocycles. The highest BCUT2D eigenvalue weighted by molar-refractivity contribution is 6.43. The Balaban J connectivity index is 1.48. The number of nitrogens with one attached hydrogen (secondary N) is 2. The Morgan fingerprint density at radius 3 is 2.35 bits per heavy atom. The fraction of sp³-hybridized carbons (Fsp3) is 0.0400. The van der Waals surface area contributed by atoms with E-state index in [1.54, 1.807) is 0 Å². The summed E-state index contributed by atoms with van der Waals surface area (Å²) in [5.41, 5.74) is 0.548. The van der Waals surface area contributed by atoms with Crippen molar-refractivity contribution < 1.29 is 28.3 Å². The number of nitrogens with zero attached hydrogens (tertiary/aromatic N) is 1. The van der Waals surface area contributed by atoms with Gasteiger partial charge in [0, 0.05) is 5.69 Å². The fourth-order valence-corrected chi connectivity index (χ4v) is 3.82. The molecular formula is C25H15Cl3FN3O5. The lowest BCUT2D eigenvalue weighted by Crippen LogP contribution is -2.54. The second-order valence-electron chi connectivity index (χ2n) is 7.59. The third-order valence-corrected chi connectivity index (χ3v) is 6.05. The fourth-order valence-electron chi connectivity index (χ4n) is 3.28. The van der Waals surface area contributed by atoms with E-state index in [-0.39, 0.29) is 38.7 Å². The van der Waals surface area contributed by atoms with Crippen molar-refractivity contribution in [1.82, 2.24) is 5.32 Å². The van der Waals surface area contributed by atoms with Gasteiger partial charge in [0.25, 0.3) is 17.7 Å². The molecule has 1 saturated heterocycles. The van der Waals surface area contributed by atoms with Crippen LogP contribution in [0.1, 0.15) is 5.56 Å². The molecule has 0 saturated carbocycles. The minimum absolute atomic E-state index is 0.102. The van der Waals surface area contributed by atoms with Crippen molar-refractivity contribution in [2.24, 2.45) is 0 Å². The Morgan fingerprint density at radius 1 is 0.946 bits per heavy atom. The normalized spacial score (nSPS) is 14.5. The molecule has 5 amide bonds. The lowest BCUT2D eigenvalue weighted by atomic mass is 10.1. The predicted octanol–water partition coefficient (Wildman–Crippen LogP) is 5.47. The first-order valence-electron chi connectivity index (χ1n) is 10.5. The Morgan fingerprint density at radius 2 is 1.68 bits per heavy atom. The first-order valence-corrected chi connectivity index (χ1v) is 11.6. The van der Waals surface area contributed by atoms with Gasteiger partial charge in [0.15, 0.2) is 6.61 Å². The number of rotatable bonds is 6. The third kappa shape index (κ3) is 6.08. The molecule has 0 aliphatic carbocycles. The van der Waals surface area contributed by atoms with Gasteiger partial charge in [0.05, 0.1) is 20.8 Å². The van der Waals surface area contributed by atoms with Gasteiger partial charge >= 0.3 is 6.03 Å². The highest BCUT2D eigenvalue weighted by atomic mass is 35.5. The smallest absolute Gasteiger partial charge is 0.335 e. The summed E-state index contributed by atoms with van der Waals surface area (Å²) in [6.45, 7) is -0.376. The van der Waals surface area contributed by atoms with E-state index in [0.717, 1.165) is 4.90 Å². The van der Waals surface area contributed by atoms with Gasteiger partial charge in [-0.05, 0) is 66.2 Å². The minimum Gasteiger partial charge on any atom is -0.482 e. The summed E-state index contributed by atoms with van der Waals surface area (Å²) < 4.78 is 18.4. The SMILES string of the molecule is O=C(COc1ccc(/C=C2/C(=O)NC(=O)N(c3ccc(Cl)c(Cl)c3)C2=O)cc1Cl)Nc1ccc(F)cc1. The second-order valence-corrected chi connectivity index (χ2v) is 8.81. The molecule has 188 valence electrons. The summed E-state index contributed by atoms with van der Waals surface area (Å²) in [6.07, 6.45) is 1.26. The van der Waals surface area contributed by atoms with Crippen LogP contribution in [-0.2, 0) is 14.4 Å². The summed E-state index contributed by atoms with van der Waals surface area (Å²) in [5.74, 6) is -2.52. The number of amides is 5. The van der Waals surface area contributed by atoms with Crippen LogP contribution in [0.15, 0.2) is 66.2 Å². The summed E-state index contributed by atoms with van der Waals surface area (Å²) >= 11 is 18.2. The number of urea groups is 1. The number of carbonyl (C=O) groups excluding carboxylic acids is 4. The number of hydrogen-bond donors (Lipinski definition) is 2. The van der Waals surface area contributed by atoms with Crippen molar-refractivity contribution in [3.05, 3.63) is 92.7 Å². The van der Waals surface area contributed by atoms with E-state index >= 15 is 0 Å². The molecule has 0 bridgehead atoms. The lowest BCUT2D eigenvalue weighted by Gasteiger charge is -2.26. The summed E-state index contributed by atoms with van der Waals surface area (Å²) in [7, 11) is 0. The van der Waals surface area contributed by atoms with Gasteiger partial charge in [-0.3, -0.25) is 19.7 Å². The quantitative estimate of drug-likeness (QED) is 0.306. The third-order valence-electron chi connectivity index (χ3n) is 5.02. The zero-order chi connectivity index (χ0) is 26.7. The van der Waals surface area contributed by atoms with Crippen molar-refractivity contribution in [2.45, 2.75) is 0 Å². The Kier molecular flexibility index (Phi) is 7.77. The maximum Gasteiger partial charge on any atom is 0.335 e. The Labute approximate surface area is 224 Å². The lowest BCUT2D eigenvalue weighted by molar-refractivity contribution is -0.122. The number of benzene rings is 3. The zero-order valence-electron chi connectivity index (χ0n) is 18.6. The van der Waals surface area contributed by atoms with E-state index in [9.17, 15) is 23.6 Å². The van der Waals surface area contributed by atoms with Crippen LogP contribution in [0.25, 0.3) is 6.08 Å². The summed E-state index contributed by atoms with van der Waals surface area (Å²) in [5, 5.41) is 5.11. The number of carbonyl (C=O) groups is 4. The number of anilines is 2. The van der Waals surface area contributed by atoms with Crippen molar-refractivity contribution in [3.63, 3.8) is 0 Å². The number of halogens is 4. The van der Waals surface area contributed by atoms with Crippen LogP contribution in [0, 0.1) is 5.82 Å². The molecule has 2 N–H and O–H groups in total. The number of ether oxygens (including phenoxy) is 1. The highest BCUT2D eigenvalue weighted by Gasteiger charge is 2.37. The Bertz CT molecular complexity index is 1460. The zero-order valence-corrected chi connectivity index (χ0v) is 20.8. The first-order chi connectivity index (χ1) is 17.6. The van der Waals surface area contributed by atoms with Crippen molar-refractivity contribution in [2.75, 3.05) is 16.8 Å². The van der Waals surface area contributed by atoms with Gasteiger partial charge in [0.2, 0.25) is 0 Å². The van der Waals surface area contributed by atoms with Gasteiger partial charge in [-0.15, -0.1) is 0 Å². The molecule has 0 unspecified atom stereocenters. The molecule has 1 heterocycles. The van der Waals surface area contributed by atoms with Crippen LogP contribution in [0.3, 0.4) is 0 Å². The number of barbiturate groups is 1. The maximum atomic E-state index is 13.0. The van der Waals surface area contributed by atoms with E-state index in [0.29, 0.717) is 11.3 Å². The standard InChI is InChI=1S/C25H15Cl3FN3O5/c26-18-7-6-16(11-19(18)27)32-24(35)17(23(34)31-25(32)36)9-13-1-8-21(20(28)10-13)37-12-22(33)30-15-4-2-14(29)3-5-15/h1-11H,12H2,(H,30,33)(H,31,34,36)/b17-9-. The second kappa shape index (κ2) is 11.0. The molecule has 0 radical (unpaired) electrons. The summed E-state index contributed by atoms with van der Waals surface area (Å²) in [4.78, 5) is 50.6. The van der Waals surface area contributed by atoms with Gasteiger partial charge in [-0.1, -0.05) is 40.9 Å². The molecule has 1 aliphatic heterocycles. The molecule has 12 heteroatoms. The molecule has 8 nitrogen and oxygen atoms in total. The largest absolute Gasteiger partial charge is 0.482 e. The molecule has 3 aromatic rings. The van der Waals surface area contributed by atoms with Gasteiger partial charge in [-0.25, -0.2) is 14.1 Å². The maximum absolute atomic E-state index is 13.0. The predicted molar refractivity (Wildman–Crippen MR) is 137 cm³/mol. The minimum atomic E-state index is -0.939. The van der Waals surface area contributed by atoms with Crippen molar-refractivity contribution in [3.8, 4) is 5.75 Å². The van der Waals surface area contributed by atoms with Crippen LogP contribution < -0.4 is 20.3 Å². The first kappa shape index (κ1) is 26.2. The van der Waals surface area contributed by atoms with Gasteiger partial charge in [-0.2, -0.15) is 0 Å². The van der Waals surface area contributed by atoms with Crippen molar-refractivity contribution >= 4 is 76.0 Å². The number of imide groups is 2. The van der Waals surface area contributed by atoms with Crippen LogP contribution in [0.2, 0.25) is 15.1 Å². The van der Waals surface area contributed by atoms with E-state index in [1.807, 2.05) is 0 Å². The van der Waals surface area contributed by atoms with Gasteiger partial charge in [0.1, 0.15) is 17.1 Å². The van der Waals surface area contributed by atoms with Crippen molar-refractivity contribution in [1.29, 1.82) is 0 Å². The van der Waals surface area contributed by atoms with Crippen LogP contribution in [-0.4, -0.2) is 30.4 Å². The topological polar surface area (TPSA) is 105 Å². The molecule has 0 spiro atoms. The van der Waals surface area contributed by atoms with E-state index in [1.165, 1.54) is 66.7 Å². The van der Waals surface area contributed by atoms with E-state index < -0.39 is 29.6 Å². The van der Waals surface area contributed by atoms with Gasteiger partial charge < -0.3 is 10.1 Å². The van der Waals surface area contributed by atoms with Crippen LogP contribution >= 0.6 is 34.8 Å². The van der Waals surface area contributed by atoms with E-state index in [4.69, 9.17) is 39.5 Å². The molecule has 0 atom stereocenters. The summed E-state index contributed by atoms with van der Waals surface area (Å²) in [6, 6.07) is 12.8. The average molecular weight is 563 g/mol. The molecule has 1 fully saturated rings. The van der Waals surface area contributed by atoms with Crippen LogP contribution in [0.5, 0.6) is 5.75 Å². The van der Waals surface area contributed by atoms with Crippen LogP contribution in [0.4, 0.5) is 20.6 Å². The monoisotopic (exact) mass is 561 g/mol. The average Bonchev–Trinajstić information content (AvgIpc) is 2.84. The molecule has 4 rings (SSSR count).